The summed E-state index contributed by atoms with van der Waals surface area (Å²) in [5, 5.41) is 9.32. The van der Waals surface area contributed by atoms with Crippen molar-refractivity contribution in [3.8, 4) is 17.1 Å². The molecule has 8 nitrogen and oxygen atoms in total. The Hall–Kier alpha value is -3.16. The number of phenols is 1. The summed E-state index contributed by atoms with van der Waals surface area (Å²) in [5.74, 6) is -0.278. The highest BCUT2D eigenvalue weighted by atomic mass is 16.3. The van der Waals surface area contributed by atoms with Gasteiger partial charge in [0.15, 0.2) is 5.82 Å². The molecule has 114 valence electrons. The van der Waals surface area contributed by atoms with E-state index in [4.69, 9.17) is 11.5 Å². The minimum absolute atomic E-state index is 0.0345. The van der Waals surface area contributed by atoms with Crippen LogP contribution in [0.3, 0.4) is 0 Å². The molecule has 3 amide bonds. The Morgan fingerprint density at radius 1 is 1.18 bits per heavy atom. The number of nitrogens with zero attached hydrogens (tertiary/aromatic N) is 3. The zero-order chi connectivity index (χ0) is 16.3. The summed E-state index contributed by atoms with van der Waals surface area (Å²) in [6.07, 6.45) is 0. The van der Waals surface area contributed by atoms with Crippen LogP contribution in [-0.4, -0.2) is 33.6 Å². The van der Waals surface area contributed by atoms with E-state index < -0.39 is 11.9 Å². The Balaban J connectivity index is 2.59. The second-order valence-electron chi connectivity index (χ2n) is 4.43. The van der Waals surface area contributed by atoms with Crippen LogP contribution in [0.2, 0.25) is 0 Å². The molecule has 0 spiro atoms. The van der Waals surface area contributed by atoms with Crippen molar-refractivity contribution in [2.24, 2.45) is 11.5 Å². The van der Waals surface area contributed by atoms with E-state index in [1.165, 1.54) is 23.1 Å². The second-order valence-corrected chi connectivity index (χ2v) is 4.43. The summed E-state index contributed by atoms with van der Waals surface area (Å²) in [6.45, 7) is 2.00. The van der Waals surface area contributed by atoms with Crippen LogP contribution in [0.4, 0.5) is 10.6 Å². The van der Waals surface area contributed by atoms with Gasteiger partial charge in [0, 0.05) is 18.2 Å². The van der Waals surface area contributed by atoms with Crippen molar-refractivity contribution in [2.75, 3.05) is 11.4 Å². The van der Waals surface area contributed by atoms with E-state index in [1.807, 2.05) is 0 Å². The maximum atomic E-state index is 11.4. The molecule has 0 saturated carbocycles. The minimum atomic E-state index is -0.746. The van der Waals surface area contributed by atoms with Gasteiger partial charge in [-0.25, -0.2) is 14.8 Å². The standard InChI is InChI=1S/C14H15N5O3/c1-2-19(14(16)22)11-7-10(12(15)21)17-13(18-11)8-3-5-9(20)6-4-8/h3-7,20H,2H2,1H3,(H2,15,21)(H2,16,22). The lowest BCUT2D eigenvalue weighted by Gasteiger charge is -2.18. The predicted octanol–water partition coefficient (Wildman–Crippen LogP) is 0.853. The number of primary amides is 2. The first-order chi connectivity index (χ1) is 10.4. The molecule has 1 aromatic heterocycles. The Morgan fingerprint density at radius 2 is 1.82 bits per heavy atom. The number of aromatic nitrogens is 2. The fourth-order valence-electron chi connectivity index (χ4n) is 1.87. The Morgan fingerprint density at radius 3 is 2.32 bits per heavy atom. The minimum Gasteiger partial charge on any atom is -0.508 e. The molecule has 0 aliphatic carbocycles. The molecule has 8 heteroatoms. The number of urea groups is 1. The molecule has 1 heterocycles. The first-order valence-corrected chi connectivity index (χ1v) is 6.47. The van der Waals surface area contributed by atoms with Gasteiger partial charge < -0.3 is 16.6 Å². The zero-order valence-electron chi connectivity index (χ0n) is 11.9. The van der Waals surface area contributed by atoms with Crippen LogP contribution < -0.4 is 16.4 Å². The van der Waals surface area contributed by atoms with Crippen molar-refractivity contribution in [3.05, 3.63) is 36.0 Å². The van der Waals surface area contributed by atoms with Gasteiger partial charge in [0.25, 0.3) is 5.91 Å². The number of phenolic OH excluding ortho intramolecular Hbond substituents is 1. The summed E-state index contributed by atoms with van der Waals surface area (Å²) in [7, 11) is 0. The number of carbonyl (C=O) groups is 2. The number of rotatable bonds is 4. The molecule has 1 aromatic carbocycles. The maximum Gasteiger partial charge on any atom is 0.320 e. The lowest BCUT2D eigenvalue weighted by molar-refractivity contribution is 0.0995. The first-order valence-electron chi connectivity index (χ1n) is 6.47. The molecule has 0 bridgehead atoms. The number of aromatic hydroxyl groups is 1. The van der Waals surface area contributed by atoms with E-state index in [0.717, 1.165) is 0 Å². The van der Waals surface area contributed by atoms with Crippen molar-refractivity contribution >= 4 is 17.8 Å². The van der Waals surface area contributed by atoms with Crippen LogP contribution in [0, 0.1) is 0 Å². The van der Waals surface area contributed by atoms with Gasteiger partial charge in [-0.15, -0.1) is 0 Å². The average Bonchev–Trinajstić information content (AvgIpc) is 2.48. The summed E-state index contributed by atoms with van der Waals surface area (Å²) >= 11 is 0. The molecule has 0 fully saturated rings. The quantitative estimate of drug-likeness (QED) is 0.769. The summed E-state index contributed by atoms with van der Waals surface area (Å²) in [5.41, 5.74) is 11.1. The highest BCUT2D eigenvalue weighted by Gasteiger charge is 2.17. The molecule has 5 N–H and O–H groups in total. The normalized spacial score (nSPS) is 10.2. The number of nitrogens with two attached hydrogens (primary N) is 2. The molecule has 0 radical (unpaired) electrons. The van der Waals surface area contributed by atoms with E-state index in [-0.39, 0.29) is 29.6 Å². The van der Waals surface area contributed by atoms with Gasteiger partial charge in [0.2, 0.25) is 0 Å². The molecule has 0 aliphatic rings. The zero-order valence-corrected chi connectivity index (χ0v) is 11.9. The number of hydrogen-bond donors (Lipinski definition) is 3. The lowest BCUT2D eigenvalue weighted by Crippen LogP contribution is -2.36. The Labute approximate surface area is 126 Å². The summed E-state index contributed by atoms with van der Waals surface area (Å²) in [6, 6.07) is 6.69. The van der Waals surface area contributed by atoms with Crippen molar-refractivity contribution in [1.82, 2.24) is 9.97 Å². The van der Waals surface area contributed by atoms with Crippen LogP contribution in [0.15, 0.2) is 30.3 Å². The van der Waals surface area contributed by atoms with E-state index >= 15 is 0 Å². The predicted molar refractivity (Wildman–Crippen MR) is 80.3 cm³/mol. The maximum absolute atomic E-state index is 11.4. The molecule has 22 heavy (non-hydrogen) atoms. The van der Waals surface area contributed by atoms with E-state index in [1.54, 1.807) is 19.1 Å². The van der Waals surface area contributed by atoms with Gasteiger partial charge in [0.1, 0.15) is 17.3 Å². The second kappa shape index (κ2) is 6.08. The third kappa shape index (κ3) is 3.11. The van der Waals surface area contributed by atoms with Crippen molar-refractivity contribution in [2.45, 2.75) is 6.92 Å². The fourth-order valence-corrected chi connectivity index (χ4v) is 1.87. The summed E-state index contributed by atoms with van der Waals surface area (Å²) < 4.78 is 0. The highest BCUT2D eigenvalue weighted by Crippen LogP contribution is 2.22. The number of amides is 3. The molecule has 0 unspecified atom stereocenters. The number of benzene rings is 1. The lowest BCUT2D eigenvalue weighted by atomic mass is 10.2. The largest absolute Gasteiger partial charge is 0.508 e. The van der Waals surface area contributed by atoms with Crippen LogP contribution in [-0.2, 0) is 0 Å². The topological polar surface area (TPSA) is 135 Å². The van der Waals surface area contributed by atoms with E-state index in [9.17, 15) is 14.7 Å². The highest BCUT2D eigenvalue weighted by molar-refractivity contribution is 5.94. The monoisotopic (exact) mass is 301 g/mol. The third-order valence-corrected chi connectivity index (χ3v) is 2.95. The fraction of sp³-hybridized carbons (Fsp3) is 0.143. The number of anilines is 1. The average molecular weight is 301 g/mol. The molecule has 2 rings (SSSR count). The molecule has 0 aliphatic heterocycles. The first kappa shape index (κ1) is 15.2. The van der Waals surface area contributed by atoms with Crippen LogP contribution >= 0.6 is 0 Å². The van der Waals surface area contributed by atoms with Crippen LogP contribution in [0.25, 0.3) is 11.4 Å². The smallest absolute Gasteiger partial charge is 0.320 e. The van der Waals surface area contributed by atoms with Gasteiger partial charge in [0.05, 0.1) is 0 Å². The number of hydrogen-bond acceptors (Lipinski definition) is 5. The number of carbonyl (C=O) groups excluding carboxylic acids is 2. The van der Waals surface area contributed by atoms with E-state index in [2.05, 4.69) is 9.97 Å². The van der Waals surface area contributed by atoms with Crippen LogP contribution in [0.1, 0.15) is 17.4 Å². The van der Waals surface area contributed by atoms with Gasteiger partial charge in [-0.1, -0.05) is 0 Å². The molecular weight excluding hydrogens is 286 g/mol. The van der Waals surface area contributed by atoms with Gasteiger partial charge in [-0.3, -0.25) is 9.69 Å². The van der Waals surface area contributed by atoms with E-state index in [0.29, 0.717) is 5.56 Å². The summed E-state index contributed by atoms with van der Waals surface area (Å²) in [4.78, 5) is 32.4. The molecule has 2 aromatic rings. The Bertz CT molecular complexity index is 715. The van der Waals surface area contributed by atoms with Crippen molar-refractivity contribution in [1.29, 1.82) is 0 Å². The third-order valence-electron chi connectivity index (χ3n) is 2.95. The van der Waals surface area contributed by atoms with Crippen molar-refractivity contribution in [3.63, 3.8) is 0 Å². The van der Waals surface area contributed by atoms with Crippen LogP contribution in [0.5, 0.6) is 5.75 Å². The van der Waals surface area contributed by atoms with Gasteiger partial charge >= 0.3 is 6.03 Å². The SMILES string of the molecule is CCN(C(N)=O)c1cc(C(N)=O)nc(-c2ccc(O)cc2)n1. The molecule has 0 atom stereocenters. The Kier molecular flexibility index (Phi) is 4.21. The molecule has 0 saturated heterocycles. The molecular formula is C14H15N5O3. The van der Waals surface area contributed by atoms with Gasteiger partial charge in [-0.05, 0) is 31.2 Å². The van der Waals surface area contributed by atoms with Crippen molar-refractivity contribution < 1.29 is 14.7 Å². The van der Waals surface area contributed by atoms with Gasteiger partial charge in [-0.2, -0.15) is 0 Å².